The van der Waals surface area contributed by atoms with Gasteiger partial charge in [-0.05, 0) is 18.2 Å². The van der Waals surface area contributed by atoms with Crippen molar-refractivity contribution < 1.29 is 14.2 Å². The van der Waals surface area contributed by atoms with Gasteiger partial charge in [-0.3, -0.25) is 0 Å². The van der Waals surface area contributed by atoms with Gasteiger partial charge in [0.2, 0.25) is 0 Å². The molecule has 0 aromatic heterocycles. The molecule has 3 heteroatoms. The monoisotopic (exact) mass is 168 g/mol. The van der Waals surface area contributed by atoms with Gasteiger partial charge in [-0.2, -0.15) is 0 Å². The molecule has 1 unspecified atom stereocenters. The number of rotatable bonds is 1. The molecule has 0 saturated heterocycles. The van der Waals surface area contributed by atoms with Crippen molar-refractivity contribution >= 4 is 0 Å². The maximum atomic E-state index is 12.7. The maximum absolute atomic E-state index is 12.7. The molecule has 1 aromatic rings. The molecule has 2 nitrogen and oxygen atoms in total. The van der Waals surface area contributed by atoms with Crippen LogP contribution in [-0.4, -0.2) is 17.8 Å². The maximum Gasteiger partial charge on any atom is 0.126 e. The van der Waals surface area contributed by atoms with Gasteiger partial charge >= 0.3 is 0 Å². The average molecular weight is 168 g/mol. The summed E-state index contributed by atoms with van der Waals surface area (Å²) in [5.74, 6) is 0.436. The zero-order valence-corrected chi connectivity index (χ0v) is 6.46. The van der Waals surface area contributed by atoms with E-state index in [0.29, 0.717) is 12.2 Å². The highest BCUT2D eigenvalue weighted by Crippen LogP contribution is 2.28. The molecule has 12 heavy (non-hydrogen) atoms. The minimum absolute atomic E-state index is 0.0176. The van der Waals surface area contributed by atoms with Crippen LogP contribution >= 0.6 is 0 Å². The van der Waals surface area contributed by atoms with Crippen LogP contribution in [0.4, 0.5) is 4.39 Å². The fourth-order valence-electron chi connectivity index (χ4n) is 1.39. The Morgan fingerprint density at radius 2 is 2.42 bits per heavy atom. The van der Waals surface area contributed by atoms with Crippen molar-refractivity contribution in [1.29, 1.82) is 0 Å². The van der Waals surface area contributed by atoms with Crippen molar-refractivity contribution in [3.8, 4) is 5.75 Å². The second kappa shape index (κ2) is 2.75. The predicted molar refractivity (Wildman–Crippen MR) is 41.6 cm³/mol. The molecule has 1 aromatic carbocycles. The molecule has 1 aliphatic heterocycles. The number of benzene rings is 1. The summed E-state index contributed by atoms with van der Waals surface area (Å²) in [5, 5.41) is 8.79. The van der Waals surface area contributed by atoms with Crippen molar-refractivity contribution in [2.75, 3.05) is 6.61 Å². The van der Waals surface area contributed by atoms with Crippen LogP contribution in [0.2, 0.25) is 0 Å². The minimum Gasteiger partial charge on any atom is -0.487 e. The number of aliphatic hydroxyl groups is 1. The molecule has 1 aliphatic rings. The van der Waals surface area contributed by atoms with E-state index in [1.165, 1.54) is 12.1 Å². The third-order valence-corrected chi connectivity index (χ3v) is 1.97. The smallest absolute Gasteiger partial charge is 0.126 e. The first-order valence-electron chi connectivity index (χ1n) is 3.85. The number of fused-ring (bicyclic) bond motifs is 1. The SMILES string of the molecule is OCC1Cc2cc(F)ccc2O1. The molecule has 0 spiro atoms. The normalized spacial score (nSPS) is 20.3. The van der Waals surface area contributed by atoms with Crippen molar-refractivity contribution in [2.24, 2.45) is 0 Å². The fraction of sp³-hybridized carbons (Fsp3) is 0.333. The summed E-state index contributed by atoms with van der Waals surface area (Å²) in [6, 6.07) is 4.41. The predicted octanol–water partition coefficient (Wildman–Crippen LogP) is 1.12. The van der Waals surface area contributed by atoms with Crippen LogP contribution in [-0.2, 0) is 6.42 Å². The summed E-state index contributed by atoms with van der Waals surface area (Å²) in [5.41, 5.74) is 0.842. The van der Waals surface area contributed by atoms with Gasteiger partial charge in [-0.25, -0.2) is 4.39 Å². The Balaban J connectivity index is 2.30. The Bertz CT molecular complexity index is 299. The third-order valence-electron chi connectivity index (χ3n) is 1.97. The van der Waals surface area contributed by atoms with E-state index in [-0.39, 0.29) is 18.5 Å². The van der Waals surface area contributed by atoms with Gasteiger partial charge in [0.15, 0.2) is 0 Å². The van der Waals surface area contributed by atoms with Crippen LogP contribution < -0.4 is 4.74 Å². The van der Waals surface area contributed by atoms with Crippen molar-refractivity contribution in [3.05, 3.63) is 29.6 Å². The van der Waals surface area contributed by atoms with Gasteiger partial charge in [0, 0.05) is 12.0 Å². The summed E-state index contributed by atoms with van der Waals surface area (Å²) in [6.07, 6.45) is 0.408. The molecule has 1 atom stereocenters. The second-order valence-corrected chi connectivity index (χ2v) is 2.88. The summed E-state index contributed by atoms with van der Waals surface area (Å²) in [4.78, 5) is 0. The van der Waals surface area contributed by atoms with Crippen molar-refractivity contribution in [2.45, 2.75) is 12.5 Å². The molecular formula is C9H9FO2. The molecule has 2 rings (SSSR count). The lowest BCUT2D eigenvalue weighted by Gasteiger charge is -2.04. The molecule has 1 N–H and O–H groups in total. The summed E-state index contributed by atoms with van der Waals surface area (Å²) in [6.45, 7) is -0.0176. The lowest BCUT2D eigenvalue weighted by Crippen LogP contribution is -2.17. The van der Waals surface area contributed by atoms with Gasteiger partial charge in [-0.1, -0.05) is 0 Å². The first kappa shape index (κ1) is 7.55. The van der Waals surface area contributed by atoms with Crippen LogP contribution in [0.15, 0.2) is 18.2 Å². The molecular weight excluding hydrogens is 159 g/mol. The van der Waals surface area contributed by atoms with Crippen LogP contribution in [0.3, 0.4) is 0 Å². The molecule has 0 amide bonds. The van der Waals surface area contributed by atoms with Crippen LogP contribution in [0.5, 0.6) is 5.75 Å². The summed E-state index contributed by atoms with van der Waals surface area (Å²) < 4.78 is 18.0. The largest absolute Gasteiger partial charge is 0.487 e. The van der Waals surface area contributed by atoms with Crippen LogP contribution in [0.1, 0.15) is 5.56 Å². The van der Waals surface area contributed by atoms with E-state index in [2.05, 4.69) is 0 Å². The van der Waals surface area contributed by atoms with E-state index in [1.807, 2.05) is 0 Å². The van der Waals surface area contributed by atoms with Crippen LogP contribution in [0.25, 0.3) is 0 Å². The first-order valence-corrected chi connectivity index (χ1v) is 3.85. The molecule has 64 valence electrons. The van der Waals surface area contributed by atoms with E-state index >= 15 is 0 Å². The van der Waals surface area contributed by atoms with Gasteiger partial charge in [0.1, 0.15) is 17.7 Å². The average Bonchev–Trinajstić information content (AvgIpc) is 2.46. The molecule has 0 fully saturated rings. The Morgan fingerprint density at radius 3 is 3.17 bits per heavy atom. The number of halogens is 1. The van der Waals surface area contributed by atoms with E-state index in [9.17, 15) is 4.39 Å². The molecule has 0 saturated carbocycles. The Morgan fingerprint density at radius 1 is 1.58 bits per heavy atom. The van der Waals surface area contributed by atoms with Crippen molar-refractivity contribution in [3.63, 3.8) is 0 Å². The van der Waals surface area contributed by atoms with Gasteiger partial charge in [-0.15, -0.1) is 0 Å². The summed E-state index contributed by atoms with van der Waals surface area (Å²) in [7, 11) is 0. The first-order chi connectivity index (χ1) is 5.79. The Labute approximate surface area is 69.6 Å². The second-order valence-electron chi connectivity index (χ2n) is 2.88. The highest BCUT2D eigenvalue weighted by molar-refractivity contribution is 5.37. The number of hydrogen-bond donors (Lipinski definition) is 1. The van der Waals surface area contributed by atoms with Crippen molar-refractivity contribution in [1.82, 2.24) is 0 Å². The topological polar surface area (TPSA) is 29.5 Å². The minimum atomic E-state index is -0.254. The number of hydrogen-bond acceptors (Lipinski definition) is 2. The Hall–Kier alpha value is -1.09. The molecule has 0 aliphatic carbocycles. The highest BCUT2D eigenvalue weighted by Gasteiger charge is 2.21. The van der Waals surface area contributed by atoms with Gasteiger partial charge < -0.3 is 9.84 Å². The van der Waals surface area contributed by atoms with Crippen LogP contribution in [0, 0.1) is 5.82 Å². The van der Waals surface area contributed by atoms with E-state index in [1.54, 1.807) is 6.07 Å². The lowest BCUT2D eigenvalue weighted by molar-refractivity contribution is 0.134. The highest BCUT2D eigenvalue weighted by atomic mass is 19.1. The van der Waals surface area contributed by atoms with Gasteiger partial charge in [0.25, 0.3) is 0 Å². The zero-order chi connectivity index (χ0) is 8.55. The standard InChI is InChI=1S/C9H9FO2/c10-7-1-2-9-6(3-7)4-8(5-11)12-9/h1-3,8,11H,4-5H2. The van der Waals surface area contributed by atoms with Gasteiger partial charge in [0.05, 0.1) is 6.61 Å². The Kier molecular flexibility index (Phi) is 1.73. The van der Waals surface area contributed by atoms with E-state index in [0.717, 1.165) is 5.56 Å². The number of ether oxygens (including phenoxy) is 1. The zero-order valence-electron chi connectivity index (χ0n) is 6.46. The quantitative estimate of drug-likeness (QED) is 0.681. The van der Waals surface area contributed by atoms with E-state index < -0.39 is 0 Å². The third kappa shape index (κ3) is 1.16. The molecule has 0 radical (unpaired) electrons. The lowest BCUT2D eigenvalue weighted by atomic mass is 10.1. The van der Waals surface area contributed by atoms with E-state index in [4.69, 9.17) is 9.84 Å². The molecule has 0 bridgehead atoms. The number of aliphatic hydroxyl groups excluding tert-OH is 1. The molecule has 1 heterocycles. The summed E-state index contributed by atoms with van der Waals surface area (Å²) >= 11 is 0. The fourth-order valence-corrected chi connectivity index (χ4v) is 1.39.